The Morgan fingerprint density at radius 2 is 2.25 bits per heavy atom. The maximum absolute atomic E-state index is 11.6. The summed E-state index contributed by atoms with van der Waals surface area (Å²) in [5.74, 6) is 1.62. The van der Waals surface area contributed by atoms with E-state index < -0.39 is 0 Å². The molecule has 1 unspecified atom stereocenters. The van der Waals surface area contributed by atoms with Gasteiger partial charge in [0, 0.05) is 5.56 Å². The fourth-order valence-corrected chi connectivity index (χ4v) is 2.27. The predicted molar refractivity (Wildman–Crippen MR) is 64.4 cm³/mol. The van der Waals surface area contributed by atoms with Crippen molar-refractivity contribution < 1.29 is 9.53 Å². The Morgan fingerprint density at radius 1 is 1.50 bits per heavy atom. The summed E-state index contributed by atoms with van der Waals surface area (Å²) in [5.41, 5.74) is 3.15. The number of carbonyl (C=O) groups excluding carboxylic acids is 1. The van der Waals surface area contributed by atoms with E-state index in [1.54, 1.807) is 6.92 Å². The van der Waals surface area contributed by atoms with Crippen molar-refractivity contribution in [3.05, 3.63) is 28.8 Å². The molecule has 1 aliphatic rings. The van der Waals surface area contributed by atoms with Gasteiger partial charge in [0.05, 0.1) is 6.61 Å². The van der Waals surface area contributed by atoms with Crippen molar-refractivity contribution in [2.75, 3.05) is 6.61 Å². The molecule has 0 bridgehead atoms. The molecule has 0 saturated carbocycles. The van der Waals surface area contributed by atoms with Crippen molar-refractivity contribution in [3.63, 3.8) is 0 Å². The smallest absolute Gasteiger partial charge is 0.160 e. The number of ether oxygens (including phenoxy) is 1. The maximum atomic E-state index is 11.6. The van der Waals surface area contributed by atoms with Crippen LogP contribution < -0.4 is 4.74 Å². The van der Waals surface area contributed by atoms with Gasteiger partial charge in [-0.2, -0.15) is 0 Å². The van der Waals surface area contributed by atoms with Gasteiger partial charge in [0.25, 0.3) is 0 Å². The van der Waals surface area contributed by atoms with Crippen LogP contribution in [0.1, 0.15) is 54.6 Å². The number of carbonyl (C=O) groups is 1. The zero-order valence-corrected chi connectivity index (χ0v) is 10.2. The molecule has 0 fully saturated rings. The SMILES string of the molecule is CCc1cc2c(cc1C(C)=O)C(C)CCO2. The zero-order valence-electron chi connectivity index (χ0n) is 10.2. The van der Waals surface area contributed by atoms with Crippen LogP contribution in [0.3, 0.4) is 0 Å². The van der Waals surface area contributed by atoms with Crippen molar-refractivity contribution >= 4 is 5.78 Å². The molecule has 1 atom stereocenters. The first-order valence-corrected chi connectivity index (χ1v) is 5.94. The van der Waals surface area contributed by atoms with Gasteiger partial charge in [0.2, 0.25) is 0 Å². The molecule has 0 N–H and O–H groups in total. The lowest BCUT2D eigenvalue weighted by molar-refractivity contribution is 0.101. The number of ketones is 1. The van der Waals surface area contributed by atoms with Crippen LogP contribution >= 0.6 is 0 Å². The molecular formula is C14H18O2. The summed E-state index contributed by atoms with van der Waals surface area (Å²) >= 11 is 0. The monoisotopic (exact) mass is 218 g/mol. The first kappa shape index (κ1) is 11.2. The van der Waals surface area contributed by atoms with Crippen molar-refractivity contribution in [2.24, 2.45) is 0 Å². The molecule has 1 aliphatic heterocycles. The normalized spacial score (nSPS) is 18.8. The van der Waals surface area contributed by atoms with Crippen molar-refractivity contribution in [2.45, 2.75) is 39.5 Å². The quantitative estimate of drug-likeness (QED) is 0.712. The number of hydrogen-bond acceptors (Lipinski definition) is 2. The van der Waals surface area contributed by atoms with E-state index in [4.69, 9.17) is 4.74 Å². The molecule has 1 aromatic rings. The van der Waals surface area contributed by atoms with Crippen molar-refractivity contribution in [1.82, 2.24) is 0 Å². The van der Waals surface area contributed by atoms with Gasteiger partial charge in [-0.25, -0.2) is 0 Å². The van der Waals surface area contributed by atoms with Gasteiger partial charge in [-0.1, -0.05) is 13.8 Å². The minimum Gasteiger partial charge on any atom is -0.493 e. The van der Waals surface area contributed by atoms with E-state index in [-0.39, 0.29) is 5.78 Å². The standard InChI is InChI=1S/C14H18O2/c1-4-11-7-14-12(8-13(11)10(3)15)9(2)5-6-16-14/h7-9H,4-6H2,1-3H3. The predicted octanol–water partition coefficient (Wildman–Crippen LogP) is 3.34. The van der Waals surface area contributed by atoms with Gasteiger partial charge in [-0.05, 0) is 48.9 Å². The van der Waals surface area contributed by atoms with Crippen LogP contribution in [-0.2, 0) is 6.42 Å². The van der Waals surface area contributed by atoms with Gasteiger partial charge in [-0.3, -0.25) is 4.79 Å². The van der Waals surface area contributed by atoms with Gasteiger partial charge in [0.15, 0.2) is 5.78 Å². The zero-order chi connectivity index (χ0) is 11.7. The Labute approximate surface area is 96.6 Å². The summed E-state index contributed by atoms with van der Waals surface area (Å²) in [6, 6.07) is 4.07. The summed E-state index contributed by atoms with van der Waals surface area (Å²) in [4.78, 5) is 11.6. The van der Waals surface area contributed by atoms with E-state index in [1.807, 2.05) is 12.1 Å². The van der Waals surface area contributed by atoms with Crippen LogP contribution in [0.5, 0.6) is 5.75 Å². The summed E-state index contributed by atoms with van der Waals surface area (Å²) in [5, 5.41) is 0. The number of hydrogen-bond donors (Lipinski definition) is 0. The molecule has 2 nitrogen and oxygen atoms in total. The summed E-state index contributed by atoms with van der Waals surface area (Å²) in [7, 11) is 0. The lowest BCUT2D eigenvalue weighted by Crippen LogP contribution is -2.14. The van der Waals surface area contributed by atoms with Crippen LogP contribution in [-0.4, -0.2) is 12.4 Å². The van der Waals surface area contributed by atoms with Crippen molar-refractivity contribution in [1.29, 1.82) is 0 Å². The molecule has 0 aliphatic carbocycles. The minimum absolute atomic E-state index is 0.150. The van der Waals surface area contributed by atoms with E-state index in [1.165, 1.54) is 5.56 Å². The Kier molecular flexibility index (Phi) is 2.99. The number of Topliss-reactive ketones (excluding diaryl/α,β-unsaturated/α-hetero) is 1. The first-order valence-electron chi connectivity index (χ1n) is 5.94. The van der Waals surface area contributed by atoms with Crippen LogP contribution in [0.25, 0.3) is 0 Å². The highest BCUT2D eigenvalue weighted by molar-refractivity contribution is 5.96. The lowest BCUT2D eigenvalue weighted by Gasteiger charge is -2.24. The molecule has 0 radical (unpaired) electrons. The van der Waals surface area contributed by atoms with Gasteiger partial charge >= 0.3 is 0 Å². The van der Waals surface area contributed by atoms with Crippen LogP contribution in [0, 0.1) is 0 Å². The van der Waals surface area contributed by atoms with E-state index in [0.29, 0.717) is 5.92 Å². The fraction of sp³-hybridized carbons (Fsp3) is 0.500. The topological polar surface area (TPSA) is 26.3 Å². The molecule has 86 valence electrons. The lowest BCUT2D eigenvalue weighted by atomic mass is 9.90. The number of aryl methyl sites for hydroxylation is 1. The molecule has 1 heterocycles. The van der Waals surface area contributed by atoms with E-state index >= 15 is 0 Å². The minimum atomic E-state index is 0.150. The molecule has 2 heteroatoms. The van der Waals surface area contributed by atoms with E-state index in [0.717, 1.165) is 36.3 Å². The maximum Gasteiger partial charge on any atom is 0.160 e. The first-order chi connectivity index (χ1) is 7.63. The molecule has 2 rings (SSSR count). The molecule has 1 aromatic carbocycles. The van der Waals surface area contributed by atoms with Gasteiger partial charge < -0.3 is 4.74 Å². The third-order valence-corrected chi connectivity index (χ3v) is 3.34. The van der Waals surface area contributed by atoms with Crippen LogP contribution in [0.4, 0.5) is 0 Å². The molecule has 16 heavy (non-hydrogen) atoms. The van der Waals surface area contributed by atoms with Crippen molar-refractivity contribution in [3.8, 4) is 5.75 Å². The highest BCUT2D eigenvalue weighted by atomic mass is 16.5. The average Bonchev–Trinajstić information content (AvgIpc) is 2.27. The summed E-state index contributed by atoms with van der Waals surface area (Å²) in [6.07, 6.45) is 1.91. The average molecular weight is 218 g/mol. The Bertz CT molecular complexity index is 421. The molecule has 0 amide bonds. The third kappa shape index (κ3) is 1.84. The van der Waals surface area contributed by atoms with E-state index in [9.17, 15) is 4.79 Å². The molecule has 0 saturated heterocycles. The second-order valence-electron chi connectivity index (χ2n) is 4.50. The highest BCUT2D eigenvalue weighted by Gasteiger charge is 2.20. The number of benzene rings is 1. The van der Waals surface area contributed by atoms with Gasteiger partial charge in [0.1, 0.15) is 5.75 Å². The van der Waals surface area contributed by atoms with Crippen LogP contribution in [0.2, 0.25) is 0 Å². The number of rotatable bonds is 2. The molecule has 0 spiro atoms. The molecule has 0 aromatic heterocycles. The highest BCUT2D eigenvalue weighted by Crippen LogP contribution is 2.35. The van der Waals surface area contributed by atoms with Gasteiger partial charge in [-0.15, -0.1) is 0 Å². The summed E-state index contributed by atoms with van der Waals surface area (Å²) in [6.45, 7) is 6.68. The Morgan fingerprint density at radius 3 is 2.88 bits per heavy atom. The summed E-state index contributed by atoms with van der Waals surface area (Å²) < 4.78 is 5.66. The number of fused-ring (bicyclic) bond motifs is 1. The Balaban J connectivity index is 2.55. The largest absolute Gasteiger partial charge is 0.493 e. The molecular weight excluding hydrogens is 200 g/mol. The van der Waals surface area contributed by atoms with Crippen LogP contribution in [0.15, 0.2) is 12.1 Å². The third-order valence-electron chi connectivity index (χ3n) is 3.34. The Hall–Kier alpha value is -1.31. The second kappa shape index (κ2) is 4.28. The second-order valence-corrected chi connectivity index (χ2v) is 4.50. The fourth-order valence-electron chi connectivity index (χ4n) is 2.27. The van der Waals surface area contributed by atoms with E-state index in [2.05, 4.69) is 13.8 Å².